The van der Waals surface area contributed by atoms with Crippen molar-refractivity contribution in [2.45, 2.75) is 0 Å². The van der Waals surface area contributed by atoms with Gasteiger partial charge in [0.25, 0.3) is 0 Å². The van der Waals surface area contributed by atoms with Crippen molar-refractivity contribution in [1.82, 2.24) is 15.2 Å². The molecule has 1 heterocycles. The van der Waals surface area contributed by atoms with Gasteiger partial charge in [-0.2, -0.15) is 10.1 Å². The van der Waals surface area contributed by atoms with Crippen molar-refractivity contribution in [2.24, 2.45) is 0 Å². The van der Waals surface area contributed by atoms with Gasteiger partial charge in [0, 0.05) is 5.02 Å². The van der Waals surface area contributed by atoms with Crippen molar-refractivity contribution in [2.75, 3.05) is 17.7 Å². The first kappa shape index (κ1) is 17.7. The molecule has 0 aliphatic rings. The maximum absolute atomic E-state index is 13.8. The Labute approximate surface area is 151 Å². The summed E-state index contributed by atoms with van der Waals surface area (Å²) < 4.78 is 45.2. The SMILES string of the molecule is COc1ccc(Cl)cc1Nc1nncc(Nc2ccc(F)c(F)c2F)n1. The zero-order valence-corrected chi connectivity index (χ0v) is 14.0. The van der Waals surface area contributed by atoms with E-state index in [9.17, 15) is 13.2 Å². The van der Waals surface area contributed by atoms with Crippen LogP contribution in [0.2, 0.25) is 5.02 Å². The van der Waals surface area contributed by atoms with Crippen molar-refractivity contribution in [3.8, 4) is 5.75 Å². The minimum Gasteiger partial charge on any atom is -0.495 e. The first-order chi connectivity index (χ1) is 12.5. The number of nitrogens with zero attached hydrogens (tertiary/aromatic N) is 3. The summed E-state index contributed by atoms with van der Waals surface area (Å²) in [6, 6.07) is 6.73. The molecule has 0 fully saturated rings. The molecule has 26 heavy (non-hydrogen) atoms. The number of halogens is 4. The van der Waals surface area contributed by atoms with Crippen LogP contribution in [0.15, 0.2) is 36.5 Å². The molecule has 2 aromatic carbocycles. The molecule has 0 spiro atoms. The van der Waals surface area contributed by atoms with Crippen LogP contribution < -0.4 is 15.4 Å². The molecule has 0 bridgehead atoms. The summed E-state index contributed by atoms with van der Waals surface area (Å²) >= 11 is 5.95. The lowest BCUT2D eigenvalue weighted by molar-refractivity contribution is 0.417. The van der Waals surface area contributed by atoms with Crippen LogP contribution in [-0.2, 0) is 0 Å². The summed E-state index contributed by atoms with van der Waals surface area (Å²) in [5.74, 6) is -3.63. The summed E-state index contributed by atoms with van der Waals surface area (Å²) in [6.45, 7) is 0. The zero-order chi connectivity index (χ0) is 18.7. The summed E-state index contributed by atoms with van der Waals surface area (Å²) in [6.07, 6.45) is 1.20. The topological polar surface area (TPSA) is 72.0 Å². The van der Waals surface area contributed by atoms with Crippen molar-refractivity contribution in [3.63, 3.8) is 0 Å². The number of anilines is 4. The third-order valence-corrected chi connectivity index (χ3v) is 3.50. The van der Waals surface area contributed by atoms with E-state index in [1.807, 2.05) is 0 Å². The number of benzene rings is 2. The minimum absolute atomic E-state index is 0.0542. The number of ether oxygens (including phenoxy) is 1. The first-order valence-electron chi connectivity index (χ1n) is 7.18. The number of nitrogens with one attached hydrogen (secondary N) is 2. The fraction of sp³-hybridized carbons (Fsp3) is 0.0625. The quantitative estimate of drug-likeness (QED) is 0.637. The van der Waals surface area contributed by atoms with E-state index >= 15 is 0 Å². The van der Waals surface area contributed by atoms with Crippen LogP contribution in [0.1, 0.15) is 0 Å². The van der Waals surface area contributed by atoms with Gasteiger partial charge in [0.15, 0.2) is 23.3 Å². The second kappa shape index (κ2) is 7.44. The van der Waals surface area contributed by atoms with Crippen LogP contribution in [0.4, 0.5) is 36.3 Å². The Bertz CT molecular complexity index is 957. The molecule has 0 atom stereocenters. The Balaban J connectivity index is 1.85. The predicted molar refractivity (Wildman–Crippen MR) is 90.7 cm³/mol. The lowest BCUT2D eigenvalue weighted by Gasteiger charge is -2.11. The number of methoxy groups -OCH3 is 1. The average molecular weight is 382 g/mol. The standard InChI is InChI=1S/C16H11ClF3N5O/c1-26-12-5-2-8(17)6-11(12)23-16-24-13(7-21-25-16)22-10-4-3-9(18)14(19)15(10)20/h2-7H,1H3,(H2,22,23,24,25). The molecule has 3 aromatic rings. The molecule has 2 N–H and O–H groups in total. The first-order valence-corrected chi connectivity index (χ1v) is 7.56. The third kappa shape index (κ3) is 3.77. The number of hydrogen-bond donors (Lipinski definition) is 2. The van der Waals surface area contributed by atoms with Gasteiger partial charge in [-0.25, -0.2) is 13.2 Å². The van der Waals surface area contributed by atoms with Crippen LogP contribution in [0.5, 0.6) is 5.75 Å². The highest BCUT2D eigenvalue weighted by Crippen LogP contribution is 2.30. The maximum Gasteiger partial charge on any atom is 0.249 e. The van der Waals surface area contributed by atoms with Gasteiger partial charge < -0.3 is 15.4 Å². The normalized spacial score (nSPS) is 10.5. The van der Waals surface area contributed by atoms with E-state index in [4.69, 9.17) is 16.3 Å². The third-order valence-electron chi connectivity index (χ3n) is 3.26. The van der Waals surface area contributed by atoms with Gasteiger partial charge in [0.05, 0.1) is 24.7 Å². The molecule has 0 radical (unpaired) electrons. The Morgan fingerprint density at radius 2 is 1.81 bits per heavy atom. The fourth-order valence-corrected chi connectivity index (χ4v) is 2.25. The Morgan fingerprint density at radius 1 is 1.00 bits per heavy atom. The van der Waals surface area contributed by atoms with E-state index in [0.29, 0.717) is 16.5 Å². The molecule has 0 aliphatic carbocycles. The lowest BCUT2D eigenvalue weighted by atomic mass is 10.3. The van der Waals surface area contributed by atoms with Crippen LogP contribution in [0.25, 0.3) is 0 Å². The van der Waals surface area contributed by atoms with Gasteiger partial charge in [-0.15, -0.1) is 5.10 Å². The van der Waals surface area contributed by atoms with Crippen molar-refractivity contribution in [3.05, 3.63) is 59.0 Å². The molecule has 134 valence electrons. The Hall–Kier alpha value is -3.07. The molecule has 0 saturated heterocycles. The molecule has 0 amide bonds. The molecule has 3 rings (SSSR count). The smallest absolute Gasteiger partial charge is 0.249 e. The number of rotatable bonds is 5. The average Bonchev–Trinajstić information content (AvgIpc) is 2.63. The van der Waals surface area contributed by atoms with Gasteiger partial charge in [-0.1, -0.05) is 11.6 Å². The van der Waals surface area contributed by atoms with E-state index < -0.39 is 17.5 Å². The molecular weight excluding hydrogens is 371 g/mol. The maximum atomic E-state index is 13.8. The summed E-state index contributed by atoms with van der Waals surface area (Å²) in [5.41, 5.74) is 0.189. The van der Waals surface area contributed by atoms with Gasteiger partial charge in [0.2, 0.25) is 5.95 Å². The number of aromatic nitrogens is 3. The Kier molecular flexibility index (Phi) is 5.08. The van der Waals surface area contributed by atoms with Gasteiger partial charge in [-0.3, -0.25) is 0 Å². The van der Waals surface area contributed by atoms with Gasteiger partial charge in [0.1, 0.15) is 5.75 Å². The zero-order valence-electron chi connectivity index (χ0n) is 13.2. The molecular formula is C16H11ClF3N5O. The highest BCUT2D eigenvalue weighted by Gasteiger charge is 2.14. The monoisotopic (exact) mass is 381 g/mol. The van der Waals surface area contributed by atoms with Crippen LogP contribution >= 0.6 is 11.6 Å². The summed E-state index contributed by atoms with van der Waals surface area (Å²) in [4.78, 5) is 4.08. The molecule has 1 aromatic heterocycles. The highest BCUT2D eigenvalue weighted by molar-refractivity contribution is 6.31. The molecule has 0 aliphatic heterocycles. The summed E-state index contributed by atoms with van der Waals surface area (Å²) in [5, 5.41) is 13.4. The van der Waals surface area contributed by atoms with E-state index in [1.165, 1.54) is 13.3 Å². The van der Waals surface area contributed by atoms with E-state index in [1.54, 1.807) is 18.2 Å². The highest BCUT2D eigenvalue weighted by atomic mass is 35.5. The molecule has 6 nitrogen and oxygen atoms in total. The van der Waals surface area contributed by atoms with Gasteiger partial charge >= 0.3 is 0 Å². The van der Waals surface area contributed by atoms with Crippen molar-refractivity contribution >= 4 is 34.7 Å². The fourth-order valence-electron chi connectivity index (χ4n) is 2.08. The van der Waals surface area contributed by atoms with Crippen LogP contribution in [0.3, 0.4) is 0 Å². The molecule has 10 heteroatoms. The second-order valence-corrected chi connectivity index (χ2v) is 5.42. The largest absolute Gasteiger partial charge is 0.495 e. The minimum atomic E-state index is -1.58. The Morgan fingerprint density at radius 3 is 2.58 bits per heavy atom. The number of hydrogen-bond acceptors (Lipinski definition) is 6. The van der Waals surface area contributed by atoms with Crippen LogP contribution in [0, 0.1) is 17.5 Å². The van der Waals surface area contributed by atoms with Crippen molar-refractivity contribution in [1.29, 1.82) is 0 Å². The van der Waals surface area contributed by atoms with Crippen molar-refractivity contribution < 1.29 is 17.9 Å². The molecule has 0 saturated carbocycles. The second-order valence-electron chi connectivity index (χ2n) is 4.98. The van der Waals surface area contributed by atoms with E-state index in [0.717, 1.165) is 12.1 Å². The van der Waals surface area contributed by atoms with E-state index in [2.05, 4.69) is 25.8 Å². The predicted octanol–water partition coefficient (Wildman–Crippen LogP) is 4.44. The van der Waals surface area contributed by atoms with Crippen LogP contribution in [-0.4, -0.2) is 22.3 Å². The van der Waals surface area contributed by atoms with E-state index in [-0.39, 0.29) is 17.5 Å². The summed E-state index contributed by atoms with van der Waals surface area (Å²) in [7, 11) is 1.48. The van der Waals surface area contributed by atoms with Gasteiger partial charge in [-0.05, 0) is 30.3 Å². The molecule has 0 unspecified atom stereocenters. The lowest BCUT2D eigenvalue weighted by Crippen LogP contribution is -2.05.